The zero-order chi connectivity index (χ0) is 13.7. The summed E-state index contributed by atoms with van der Waals surface area (Å²) in [5.41, 5.74) is -0.483. The summed E-state index contributed by atoms with van der Waals surface area (Å²) in [6.07, 6.45) is 0.690. The third-order valence-electron chi connectivity index (χ3n) is 2.43. The first-order valence-electron chi connectivity index (χ1n) is 5.88. The number of carbonyl (C=O) groups excluding carboxylic acids is 1. The minimum Gasteiger partial charge on any atom is -0.496 e. The van der Waals surface area contributed by atoms with Crippen molar-refractivity contribution in [3.05, 3.63) is 28.3 Å². The molecular weight excluding hydrogens is 234 g/mol. The molecule has 1 heterocycles. The van der Waals surface area contributed by atoms with Gasteiger partial charge in [-0.3, -0.25) is 4.79 Å². The lowest BCUT2D eigenvalue weighted by atomic mass is 10.0. The molecule has 0 unspecified atom stereocenters. The number of hydrogen-bond acceptors (Lipinski definition) is 4. The first kappa shape index (κ1) is 14.3. The Labute approximate surface area is 106 Å². The van der Waals surface area contributed by atoms with Gasteiger partial charge in [0.05, 0.1) is 19.2 Å². The molecule has 100 valence electrons. The van der Waals surface area contributed by atoms with Gasteiger partial charge in [0.25, 0.3) is 0 Å². The van der Waals surface area contributed by atoms with Crippen molar-refractivity contribution in [1.82, 2.24) is 5.32 Å². The highest BCUT2D eigenvalue weighted by atomic mass is 16.5. The molecule has 0 aliphatic heterocycles. The average molecular weight is 253 g/mol. The summed E-state index contributed by atoms with van der Waals surface area (Å²) in [6.45, 7) is 5.51. The maximum Gasteiger partial charge on any atom is 0.339 e. The Balaban J connectivity index is 3.06. The van der Waals surface area contributed by atoms with Crippen LogP contribution in [0.1, 0.15) is 39.0 Å². The Morgan fingerprint density at radius 3 is 2.61 bits per heavy atom. The molecule has 0 aliphatic carbocycles. The van der Waals surface area contributed by atoms with E-state index in [1.54, 1.807) is 6.07 Å². The van der Waals surface area contributed by atoms with Crippen LogP contribution < -0.4 is 15.7 Å². The largest absolute Gasteiger partial charge is 0.496 e. The van der Waals surface area contributed by atoms with E-state index in [4.69, 9.17) is 9.15 Å². The molecule has 0 aromatic carbocycles. The molecule has 1 aromatic heterocycles. The van der Waals surface area contributed by atoms with Crippen molar-refractivity contribution < 1.29 is 13.9 Å². The first-order valence-corrected chi connectivity index (χ1v) is 5.88. The molecule has 1 amide bonds. The van der Waals surface area contributed by atoms with Crippen LogP contribution in [-0.4, -0.2) is 13.0 Å². The monoisotopic (exact) mass is 253 g/mol. The van der Waals surface area contributed by atoms with Gasteiger partial charge in [0.1, 0.15) is 11.5 Å². The molecule has 0 bridgehead atoms. The fourth-order valence-electron chi connectivity index (χ4n) is 1.73. The molecule has 0 spiro atoms. The minimum absolute atomic E-state index is 0.161. The lowest BCUT2D eigenvalue weighted by Gasteiger charge is -2.19. The predicted molar refractivity (Wildman–Crippen MR) is 67.5 cm³/mol. The second-order valence-electron chi connectivity index (χ2n) is 4.60. The normalized spacial score (nSPS) is 12.3. The molecule has 0 fully saturated rings. The third kappa shape index (κ3) is 4.24. The molecule has 0 saturated heterocycles. The summed E-state index contributed by atoms with van der Waals surface area (Å²) >= 11 is 0. The van der Waals surface area contributed by atoms with Crippen LogP contribution in [0.4, 0.5) is 0 Å². The number of ether oxygens (including phenoxy) is 1. The Hall–Kier alpha value is -1.78. The Morgan fingerprint density at radius 1 is 1.44 bits per heavy atom. The lowest BCUT2D eigenvalue weighted by molar-refractivity contribution is -0.119. The SMILES string of the molecule is COc1cc([C@H](CC(C)C)NC(C)=O)oc(=O)c1. The first-order chi connectivity index (χ1) is 8.42. The summed E-state index contributed by atoms with van der Waals surface area (Å²) < 4.78 is 10.2. The van der Waals surface area contributed by atoms with E-state index < -0.39 is 5.63 Å². The van der Waals surface area contributed by atoms with Crippen LogP contribution in [0.3, 0.4) is 0 Å². The molecule has 1 aromatic rings. The topological polar surface area (TPSA) is 68.5 Å². The zero-order valence-corrected chi connectivity index (χ0v) is 11.1. The summed E-state index contributed by atoms with van der Waals surface area (Å²) in [4.78, 5) is 22.6. The van der Waals surface area contributed by atoms with E-state index in [0.717, 1.165) is 0 Å². The molecule has 5 nitrogen and oxygen atoms in total. The van der Waals surface area contributed by atoms with Crippen molar-refractivity contribution in [2.24, 2.45) is 5.92 Å². The predicted octanol–water partition coefficient (Wildman–Crippen LogP) is 1.87. The zero-order valence-electron chi connectivity index (χ0n) is 11.1. The number of hydrogen-bond donors (Lipinski definition) is 1. The lowest BCUT2D eigenvalue weighted by Crippen LogP contribution is -2.27. The van der Waals surface area contributed by atoms with Gasteiger partial charge in [0, 0.05) is 13.0 Å². The quantitative estimate of drug-likeness (QED) is 0.869. The molecule has 1 N–H and O–H groups in total. The standard InChI is InChI=1S/C13H19NO4/c1-8(2)5-11(14-9(3)15)12-6-10(17-4)7-13(16)18-12/h6-8,11H,5H2,1-4H3,(H,14,15)/t11-/m0/s1. The van der Waals surface area contributed by atoms with Crippen molar-refractivity contribution in [2.75, 3.05) is 7.11 Å². The number of amides is 1. The van der Waals surface area contributed by atoms with Crippen LogP contribution in [-0.2, 0) is 4.79 Å². The number of carbonyl (C=O) groups is 1. The van der Waals surface area contributed by atoms with Gasteiger partial charge >= 0.3 is 5.63 Å². The maximum atomic E-state index is 11.4. The van der Waals surface area contributed by atoms with Gasteiger partial charge in [-0.15, -0.1) is 0 Å². The van der Waals surface area contributed by atoms with Gasteiger partial charge in [-0.25, -0.2) is 4.79 Å². The highest BCUT2D eigenvalue weighted by Gasteiger charge is 2.18. The number of methoxy groups -OCH3 is 1. The molecule has 0 saturated carbocycles. The Morgan fingerprint density at radius 2 is 2.11 bits per heavy atom. The van der Waals surface area contributed by atoms with E-state index in [1.165, 1.54) is 20.1 Å². The number of nitrogens with one attached hydrogen (secondary N) is 1. The molecule has 18 heavy (non-hydrogen) atoms. The highest BCUT2D eigenvalue weighted by Crippen LogP contribution is 2.23. The second kappa shape index (κ2) is 6.23. The number of rotatable bonds is 5. The molecule has 0 aliphatic rings. The van der Waals surface area contributed by atoms with Crippen molar-refractivity contribution in [1.29, 1.82) is 0 Å². The van der Waals surface area contributed by atoms with Gasteiger partial charge in [-0.1, -0.05) is 13.8 Å². The third-order valence-corrected chi connectivity index (χ3v) is 2.43. The van der Waals surface area contributed by atoms with Crippen LogP contribution in [0, 0.1) is 5.92 Å². The molecule has 1 atom stereocenters. The molecule has 0 radical (unpaired) electrons. The fraction of sp³-hybridized carbons (Fsp3) is 0.538. The van der Waals surface area contributed by atoms with Gasteiger partial charge in [-0.05, 0) is 12.3 Å². The molecule has 1 rings (SSSR count). The van der Waals surface area contributed by atoms with Gasteiger partial charge < -0.3 is 14.5 Å². The minimum atomic E-state index is -0.483. The smallest absolute Gasteiger partial charge is 0.339 e. The Bertz CT molecular complexity index is 464. The Kier molecular flexibility index (Phi) is 4.95. The van der Waals surface area contributed by atoms with E-state index >= 15 is 0 Å². The summed E-state index contributed by atoms with van der Waals surface area (Å²) in [6, 6.07) is 2.58. The van der Waals surface area contributed by atoms with Gasteiger partial charge in [0.15, 0.2) is 0 Å². The van der Waals surface area contributed by atoms with E-state index in [0.29, 0.717) is 23.8 Å². The second-order valence-corrected chi connectivity index (χ2v) is 4.60. The summed E-state index contributed by atoms with van der Waals surface area (Å²) in [5, 5.41) is 2.78. The average Bonchev–Trinajstić information content (AvgIpc) is 2.26. The van der Waals surface area contributed by atoms with Crippen molar-refractivity contribution in [3.8, 4) is 5.75 Å². The fourth-order valence-corrected chi connectivity index (χ4v) is 1.73. The summed E-state index contributed by atoms with van der Waals surface area (Å²) in [7, 11) is 1.48. The van der Waals surface area contributed by atoms with E-state index in [1.807, 2.05) is 13.8 Å². The van der Waals surface area contributed by atoms with E-state index in [-0.39, 0.29) is 11.9 Å². The van der Waals surface area contributed by atoms with Crippen LogP contribution in [0.25, 0.3) is 0 Å². The maximum absolute atomic E-state index is 11.4. The van der Waals surface area contributed by atoms with Crippen LogP contribution >= 0.6 is 0 Å². The van der Waals surface area contributed by atoms with Crippen molar-refractivity contribution in [2.45, 2.75) is 33.2 Å². The van der Waals surface area contributed by atoms with Crippen LogP contribution in [0.5, 0.6) is 5.75 Å². The van der Waals surface area contributed by atoms with Crippen molar-refractivity contribution >= 4 is 5.91 Å². The highest BCUT2D eigenvalue weighted by molar-refractivity contribution is 5.73. The summed E-state index contributed by atoms with van der Waals surface area (Å²) in [5.74, 6) is 1.05. The van der Waals surface area contributed by atoms with E-state index in [9.17, 15) is 9.59 Å². The van der Waals surface area contributed by atoms with E-state index in [2.05, 4.69) is 5.32 Å². The van der Waals surface area contributed by atoms with Gasteiger partial charge in [0.2, 0.25) is 5.91 Å². The molecular formula is C13H19NO4. The van der Waals surface area contributed by atoms with Gasteiger partial charge in [-0.2, -0.15) is 0 Å². The van der Waals surface area contributed by atoms with Crippen molar-refractivity contribution in [3.63, 3.8) is 0 Å². The van der Waals surface area contributed by atoms with Crippen LogP contribution in [0.15, 0.2) is 21.3 Å². The molecule has 5 heteroatoms. The van der Waals surface area contributed by atoms with Crippen LogP contribution in [0.2, 0.25) is 0 Å².